The summed E-state index contributed by atoms with van der Waals surface area (Å²) in [5, 5.41) is 11.8. The minimum atomic E-state index is 0.0351. The standard InChI is InChI=1S/C10H21N3O2/c1-3-8-7-13(5-6-15-8)9(4-2)10(11)12-14/h8-9,14H,3-7H2,1-2H3,(H2,11,12). The summed E-state index contributed by atoms with van der Waals surface area (Å²) in [6, 6.07) is 0.0351. The Morgan fingerprint density at radius 2 is 2.40 bits per heavy atom. The number of ether oxygens (including phenoxy) is 1. The molecule has 5 nitrogen and oxygen atoms in total. The number of hydrogen-bond acceptors (Lipinski definition) is 4. The Balaban J connectivity index is 2.60. The highest BCUT2D eigenvalue weighted by atomic mass is 16.5. The van der Waals surface area contributed by atoms with Gasteiger partial charge in [0.15, 0.2) is 5.84 Å². The van der Waals surface area contributed by atoms with Crippen LogP contribution in [0.15, 0.2) is 5.16 Å². The minimum absolute atomic E-state index is 0.0351. The molecule has 0 aromatic carbocycles. The Morgan fingerprint density at radius 1 is 1.67 bits per heavy atom. The molecule has 1 rings (SSSR count). The van der Waals surface area contributed by atoms with Crippen molar-refractivity contribution in [3.05, 3.63) is 0 Å². The molecule has 0 aromatic rings. The molecule has 0 aromatic heterocycles. The van der Waals surface area contributed by atoms with E-state index in [1.54, 1.807) is 0 Å². The van der Waals surface area contributed by atoms with Gasteiger partial charge in [0.25, 0.3) is 0 Å². The van der Waals surface area contributed by atoms with Crippen LogP contribution in [-0.2, 0) is 4.74 Å². The maximum atomic E-state index is 8.70. The maximum absolute atomic E-state index is 8.70. The average Bonchev–Trinajstić information content (AvgIpc) is 2.30. The van der Waals surface area contributed by atoms with E-state index < -0.39 is 0 Å². The number of rotatable bonds is 4. The van der Waals surface area contributed by atoms with Gasteiger partial charge in [0.2, 0.25) is 0 Å². The van der Waals surface area contributed by atoms with E-state index in [0.29, 0.717) is 5.84 Å². The zero-order valence-corrected chi connectivity index (χ0v) is 9.52. The number of amidine groups is 1. The van der Waals surface area contributed by atoms with E-state index in [0.717, 1.165) is 32.5 Å². The lowest BCUT2D eigenvalue weighted by Gasteiger charge is -2.37. The van der Waals surface area contributed by atoms with Crippen molar-refractivity contribution in [1.82, 2.24) is 4.90 Å². The zero-order chi connectivity index (χ0) is 11.3. The van der Waals surface area contributed by atoms with Crippen LogP contribution in [-0.4, -0.2) is 47.8 Å². The minimum Gasteiger partial charge on any atom is -0.409 e. The summed E-state index contributed by atoms with van der Waals surface area (Å²) >= 11 is 0. The van der Waals surface area contributed by atoms with Gasteiger partial charge in [0, 0.05) is 13.1 Å². The largest absolute Gasteiger partial charge is 0.409 e. The Kier molecular flexibility index (Phi) is 4.84. The monoisotopic (exact) mass is 215 g/mol. The molecule has 1 heterocycles. The second-order valence-electron chi connectivity index (χ2n) is 3.84. The van der Waals surface area contributed by atoms with Crippen molar-refractivity contribution in [2.24, 2.45) is 10.9 Å². The molecule has 2 unspecified atom stereocenters. The number of nitrogens with zero attached hydrogens (tertiary/aromatic N) is 2. The van der Waals surface area contributed by atoms with Gasteiger partial charge in [-0.3, -0.25) is 4.90 Å². The molecule has 1 aliphatic heterocycles. The van der Waals surface area contributed by atoms with E-state index in [1.165, 1.54) is 0 Å². The Hall–Kier alpha value is -0.810. The van der Waals surface area contributed by atoms with Crippen molar-refractivity contribution in [3.63, 3.8) is 0 Å². The van der Waals surface area contributed by atoms with Crippen molar-refractivity contribution < 1.29 is 9.94 Å². The number of oxime groups is 1. The summed E-state index contributed by atoms with van der Waals surface area (Å²) in [6.45, 7) is 6.60. The Bertz CT molecular complexity index is 221. The molecule has 0 spiro atoms. The Labute approximate surface area is 90.9 Å². The van der Waals surface area contributed by atoms with Gasteiger partial charge in [-0.25, -0.2) is 0 Å². The van der Waals surface area contributed by atoms with Gasteiger partial charge in [-0.1, -0.05) is 19.0 Å². The fourth-order valence-electron chi connectivity index (χ4n) is 1.99. The highest BCUT2D eigenvalue weighted by molar-refractivity contribution is 5.85. The van der Waals surface area contributed by atoms with Crippen LogP contribution in [0.5, 0.6) is 0 Å². The summed E-state index contributed by atoms with van der Waals surface area (Å²) < 4.78 is 5.58. The predicted octanol–water partition coefficient (Wildman–Crippen LogP) is 0.622. The lowest BCUT2D eigenvalue weighted by Crippen LogP contribution is -2.52. The van der Waals surface area contributed by atoms with Gasteiger partial charge in [-0.05, 0) is 12.8 Å². The molecular weight excluding hydrogens is 194 g/mol. The molecule has 5 heteroatoms. The molecule has 0 bridgehead atoms. The van der Waals surface area contributed by atoms with Crippen molar-refractivity contribution in [1.29, 1.82) is 0 Å². The highest BCUT2D eigenvalue weighted by Crippen LogP contribution is 2.13. The first-order valence-corrected chi connectivity index (χ1v) is 5.55. The fraction of sp³-hybridized carbons (Fsp3) is 0.900. The molecule has 88 valence electrons. The molecule has 0 aliphatic carbocycles. The van der Waals surface area contributed by atoms with Crippen molar-refractivity contribution in [3.8, 4) is 0 Å². The van der Waals surface area contributed by atoms with Gasteiger partial charge >= 0.3 is 0 Å². The Morgan fingerprint density at radius 3 is 2.93 bits per heavy atom. The van der Waals surface area contributed by atoms with E-state index in [-0.39, 0.29) is 12.1 Å². The van der Waals surface area contributed by atoms with Crippen LogP contribution >= 0.6 is 0 Å². The van der Waals surface area contributed by atoms with Crippen LogP contribution < -0.4 is 5.73 Å². The van der Waals surface area contributed by atoms with Crippen molar-refractivity contribution in [2.45, 2.75) is 38.8 Å². The first-order valence-electron chi connectivity index (χ1n) is 5.55. The summed E-state index contributed by atoms with van der Waals surface area (Å²) in [5.74, 6) is 0.300. The topological polar surface area (TPSA) is 71.1 Å². The molecule has 1 fully saturated rings. The van der Waals surface area contributed by atoms with Gasteiger partial charge in [0.1, 0.15) is 0 Å². The summed E-state index contributed by atoms with van der Waals surface area (Å²) in [6.07, 6.45) is 2.13. The zero-order valence-electron chi connectivity index (χ0n) is 9.52. The smallest absolute Gasteiger partial charge is 0.156 e. The third-order valence-corrected chi connectivity index (χ3v) is 2.91. The van der Waals surface area contributed by atoms with Crippen LogP contribution in [0.1, 0.15) is 26.7 Å². The molecule has 0 radical (unpaired) electrons. The van der Waals surface area contributed by atoms with E-state index >= 15 is 0 Å². The van der Waals surface area contributed by atoms with Crippen molar-refractivity contribution in [2.75, 3.05) is 19.7 Å². The fourth-order valence-corrected chi connectivity index (χ4v) is 1.99. The quantitative estimate of drug-likeness (QED) is 0.312. The molecule has 1 saturated heterocycles. The molecule has 0 amide bonds. The van der Waals surface area contributed by atoms with Gasteiger partial charge in [0.05, 0.1) is 18.8 Å². The third kappa shape index (κ3) is 3.07. The molecular formula is C10H21N3O2. The predicted molar refractivity (Wildman–Crippen MR) is 59.1 cm³/mol. The van der Waals surface area contributed by atoms with Gasteiger partial charge < -0.3 is 15.7 Å². The summed E-state index contributed by atoms with van der Waals surface area (Å²) in [7, 11) is 0. The molecule has 3 N–H and O–H groups in total. The number of nitrogens with two attached hydrogens (primary N) is 1. The molecule has 15 heavy (non-hydrogen) atoms. The van der Waals surface area contributed by atoms with Gasteiger partial charge in [-0.2, -0.15) is 0 Å². The molecule has 2 atom stereocenters. The summed E-state index contributed by atoms with van der Waals surface area (Å²) in [5.41, 5.74) is 5.66. The normalized spacial score (nSPS) is 26.5. The maximum Gasteiger partial charge on any atom is 0.156 e. The molecule has 1 aliphatic rings. The van der Waals surface area contributed by atoms with Crippen LogP contribution in [0, 0.1) is 0 Å². The second-order valence-corrected chi connectivity index (χ2v) is 3.84. The van der Waals surface area contributed by atoms with Crippen LogP contribution in [0.3, 0.4) is 0 Å². The highest BCUT2D eigenvalue weighted by Gasteiger charge is 2.26. The SMILES string of the molecule is CCC1CN(C(CC)C(N)=NO)CCO1. The number of hydrogen-bond donors (Lipinski definition) is 2. The summed E-state index contributed by atoms with van der Waals surface area (Å²) in [4.78, 5) is 2.23. The van der Waals surface area contributed by atoms with Crippen LogP contribution in [0.4, 0.5) is 0 Å². The van der Waals surface area contributed by atoms with E-state index in [1.807, 2.05) is 6.92 Å². The first kappa shape index (κ1) is 12.3. The number of morpholine rings is 1. The lowest BCUT2D eigenvalue weighted by atomic mass is 10.1. The van der Waals surface area contributed by atoms with Crippen LogP contribution in [0.2, 0.25) is 0 Å². The molecule has 0 saturated carbocycles. The van der Waals surface area contributed by atoms with Gasteiger partial charge in [-0.15, -0.1) is 0 Å². The average molecular weight is 215 g/mol. The van der Waals surface area contributed by atoms with Crippen LogP contribution in [0.25, 0.3) is 0 Å². The first-order chi connectivity index (χ1) is 7.22. The van der Waals surface area contributed by atoms with E-state index in [9.17, 15) is 0 Å². The van der Waals surface area contributed by atoms with E-state index in [2.05, 4.69) is 17.0 Å². The second kappa shape index (κ2) is 5.92. The van der Waals surface area contributed by atoms with E-state index in [4.69, 9.17) is 15.7 Å². The lowest BCUT2D eigenvalue weighted by molar-refractivity contribution is -0.0366. The van der Waals surface area contributed by atoms with Crippen molar-refractivity contribution >= 4 is 5.84 Å². The third-order valence-electron chi connectivity index (χ3n) is 2.91.